The fourth-order valence-corrected chi connectivity index (χ4v) is 2.27. The van der Waals surface area contributed by atoms with Gasteiger partial charge in [0, 0.05) is 6.04 Å². The Labute approximate surface area is 124 Å². The minimum absolute atomic E-state index is 0.253. The van der Waals surface area contributed by atoms with Gasteiger partial charge in [-0.1, -0.05) is 0 Å². The molecule has 1 saturated carbocycles. The molecule has 1 aliphatic carbocycles. The van der Waals surface area contributed by atoms with Crippen LogP contribution >= 0.6 is 0 Å². The summed E-state index contributed by atoms with van der Waals surface area (Å²) in [7, 11) is 0. The summed E-state index contributed by atoms with van der Waals surface area (Å²) in [5.41, 5.74) is -0.613. The molecule has 2 amide bonds. The predicted octanol–water partition coefficient (Wildman–Crippen LogP) is 1.46. The molecule has 0 atom stereocenters. The summed E-state index contributed by atoms with van der Waals surface area (Å²) in [5, 5.41) is 13.7. The number of aliphatic hydroxyl groups is 1. The van der Waals surface area contributed by atoms with Crippen molar-refractivity contribution in [3.05, 3.63) is 29.6 Å². The number of nitrogens with one attached hydrogen (secondary N) is 2. The van der Waals surface area contributed by atoms with E-state index in [4.69, 9.17) is 0 Å². The zero-order valence-corrected chi connectivity index (χ0v) is 11.5. The maximum atomic E-state index is 13.4. The molecule has 1 aromatic rings. The first-order valence-electron chi connectivity index (χ1n) is 6.82. The number of carbonyl (C=O) groups is 2. The lowest BCUT2D eigenvalue weighted by molar-refractivity contribution is -0.136. The lowest BCUT2D eigenvalue weighted by Gasteiger charge is -2.25. The Morgan fingerprint density at radius 2 is 1.64 bits per heavy atom. The van der Waals surface area contributed by atoms with Crippen molar-refractivity contribution in [2.24, 2.45) is 0 Å². The van der Waals surface area contributed by atoms with E-state index in [1.165, 1.54) is 0 Å². The van der Waals surface area contributed by atoms with Crippen molar-refractivity contribution in [1.82, 2.24) is 5.32 Å². The smallest absolute Gasteiger partial charge is 0.313 e. The molecule has 1 aromatic carbocycles. The van der Waals surface area contributed by atoms with E-state index >= 15 is 0 Å². The van der Waals surface area contributed by atoms with Gasteiger partial charge in [0.25, 0.3) is 0 Å². The summed E-state index contributed by atoms with van der Waals surface area (Å²) >= 11 is 0. The van der Waals surface area contributed by atoms with E-state index in [2.05, 4.69) is 5.32 Å². The molecule has 0 bridgehead atoms. The van der Waals surface area contributed by atoms with Crippen molar-refractivity contribution in [2.75, 3.05) is 5.32 Å². The van der Waals surface area contributed by atoms with Crippen molar-refractivity contribution in [2.45, 2.75) is 37.8 Å². The molecule has 0 spiro atoms. The number of carbonyl (C=O) groups excluding carboxylic acids is 2. The van der Waals surface area contributed by atoms with Crippen LogP contribution in [0, 0.1) is 17.5 Å². The highest BCUT2D eigenvalue weighted by Gasteiger charge is 2.24. The monoisotopic (exact) mass is 316 g/mol. The fraction of sp³-hybridized carbons (Fsp3) is 0.429. The Balaban J connectivity index is 1.94. The predicted molar refractivity (Wildman–Crippen MR) is 71.4 cm³/mol. The van der Waals surface area contributed by atoms with Crippen LogP contribution in [0.1, 0.15) is 25.7 Å². The first-order valence-corrected chi connectivity index (χ1v) is 6.82. The highest BCUT2D eigenvalue weighted by Crippen LogP contribution is 2.20. The van der Waals surface area contributed by atoms with Crippen LogP contribution in [-0.2, 0) is 9.59 Å². The van der Waals surface area contributed by atoms with Crippen molar-refractivity contribution in [1.29, 1.82) is 0 Å². The van der Waals surface area contributed by atoms with Crippen molar-refractivity contribution in [3.63, 3.8) is 0 Å². The van der Waals surface area contributed by atoms with Gasteiger partial charge in [-0.3, -0.25) is 9.59 Å². The highest BCUT2D eigenvalue weighted by atomic mass is 19.2. The molecule has 22 heavy (non-hydrogen) atoms. The number of anilines is 1. The maximum absolute atomic E-state index is 13.4. The Morgan fingerprint density at radius 1 is 1.00 bits per heavy atom. The summed E-state index contributed by atoms with van der Waals surface area (Å²) < 4.78 is 39.2. The Kier molecular flexibility index (Phi) is 5.02. The molecule has 0 heterocycles. The molecular formula is C14H15F3N2O3. The van der Waals surface area contributed by atoms with E-state index in [0.717, 1.165) is 6.07 Å². The quantitative estimate of drug-likeness (QED) is 0.571. The van der Waals surface area contributed by atoms with Crippen molar-refractivity contribution in [3.8, 4) is 0 Å². The van der Waals surface area contributed by atoms with E-state index in [1.807, 2.05) is 5.32 Å². The molecule has 120 valence electrons. The molecule has 0 unspecified atom stereocenters. The third kappa shape index (κ3) is 3.76. The van der Waals surface area contributed by atoms with E-state index in [1.54, 1.807) is 0 Å². The lowest BCUT2D eigenvalue weighted by atomic mass is 9.93. The molecule has 8 heteroatoms. The summed E-state index contributed by atoms with van der Waals surface area (Å²) in [6, 6.07) is 1.22. The van der Waals surface area contributed by atoms with Crippen LogP contribution < -0.4 is 10.6 Å². The van der Waals surface area contributed by atoms with Crippen LogP contribution in [0.2, 0.25) is 0 Å². The van der Waals surface area contributed by atoms with Gasteiger partial charge in [0.2, 0.25) is 0 Å². The van der Waals surface area contributed by atoms with E-state index in [0.29, 0.717) is 31.7 Å². The third-order valence-electron chi connectivity index (χ3n) is 3.52. The zero-order valence-electron chi connectivity index (χ0n) is 11.5. The third-order valence-corrected chi connectivity index (χ3v) is 3.52. The number of halogens is 3. The van der Waals surface area contributed by atoms with Gasteiger partial charge in [0.15, 0.2) is 17.5 Å². The van der Waals surface area contributed by atoms with Crippen LogP contribution in [0.5, 0.6) is 0 Å². The van der Waals surface area contributed by atoms with Crippen LogP contribution in [0.4, 0.5) is 18.9 Å². The van der Waals surface area contributed by atoms with Gasteiger partial charge in [-0.05, 0) is 37.8 Å². The van der Waals surface area contributed by atoms with Gasteiger partial charge in [-0.15, -0.1) is 0 Å². The molecule has 0 aromatic heterocycles. The van der Waals surface area contributed by atoms with Crippen LogP contribution in [0.25, 0.3) is 0 Å². The number of rotatable bonds is 2. The second kappa shape index (κ2) is 6.78. The van der Waals surface area contributed by atoms with Gasteiger partial charge in [-0.25, -0.2) is 13.2 Å². The molecule has 5 nitrogen and oxygen atoms in total. The first kappa shape index (κ1) is 16.3. The van der Waals surface area contributed by atoms with Crippen molar-refractivity contribution >= 4 is 17.5 Å². The molecule has 2 rings (SSSR count). The van der Waals surface area contributed by atoms with Gasteiger partial charge in [0.1, 0.15) is 0 Å². The van der Waals surface area contributed by atoms with Gasteiger partial charge < -0.3 is 15.7 Å². The molecular weight excluding hydrogens is 301 g/mol. The number of hydrogen-bond donors (Lipinski definition) is 3. The molecule has 0 aliphatic heterocycles. The molecule has 0 radical (unpaired) electrons. The van der Waals surface area contributed by atoms with E-state index < -0.39 is 41.1 Å². The molecule has 0 saturated heterocycles. The molecule has 1 fully saturated rings. The van der Waals surface area contributed by atoms with Gasteiger partial charge >= 0.3 is 11.8 Å². The maximum Gasteiger partial charge on any atom is 0.313 e. The molecule has 3 N–H and O–H groups in total. The minimum Gasteiger partial charge on any atom is -0.393 e. The molecule has 1 aliphatic rings. The fourth-order valence-electron chi connectivity index (χ4n) is 2.27. The Hall–Kier alpha value is -2.09. The van der Waals surface area contributed by atoms with Crippen molar-refractivity contribution < 1.29 is 27.9 Å². The van der Waals surface area contributed by atoms with Crippen LogP contribution in [0.15, 0.2) is 12.1 Å². The standard InChI is InChI=1S/C14H15F3N2O3/c15-9-5-6-10(12(17)11(9)16)19-14(22)13(21)18-7-1-3-8(20)4-2-7/h5-8,20H,1-4H2,(H,18,21)(H,19,22). The number of benzene rings is 1. The summed E-state index contributed by atoms with van der Waals surface area (Å²) in [5.74, 6) is -6.84. The Morgan fingerprint density at radius 3 is 2.27 bits per heavy atom. The van der Waals surface area contributed by atoms with Gasteiger partial charge in [0.05, 0.1) is 11.8 Å². The summed E-state index contributed by atoms with van der Waals surface area (Å²) in [6.45, 7) is 0. The zero-order chi connectivity index (χ0) is 16.3. The van der Waals surface area contributed by atoms with E-state index in [9.17, 15) is 27.9 Å². The lowest BCUT2D eigenvalue weighted by Crippen LogP contribution is -2.44. The number of amides is 2. The summed E-state index contributed by atoms with van der Waals surface area (Å²) in [6.07, 6.45) is 1.69. The average Bonchev–Trinajstić information content (AvgIpc) is 2.50. The number of aliphatic hydroxyl groups excluding tert-OH is 1. The van der Waals surface area contributed by atoms with E-state index in [-0.39, 0.29) is 6.04 Å². The summed E-state index contributed by atoms with van der Waals surface area (Å²) in [4.78, 5) is 23.3. The second-order valence-electron chi connectivity index (χ2n) is 5.16. The SMILES string of the molecule is O=C(Nc1ccc(F)c(F)c1F)C(=O)NC1CCC(O)CC1. The largest absolute Gasteiger partial charge is 0.393 e. The normalized spacial score (nSPS) is 21.3. The van der Waals surface area contributed by atoms with Gasteiger partial charge in [-0.2, -0.15) is 0 Å². The first-order chi connectivity index (χ1) is 10.4. The average molecular weight is 316 g/mol. The van der Waals surface area contributed by atoms with Crippen LogP contribution in [0.3, 0.4) is 0 Å². The highest BCUT2D eigenvalue weighted by molar-refractivity contribution is 6.39. The number of hydrogen-bond acceptors (Lipinski definition) is 3. The second-order valence-corrected chi connectivity index (χ2v) is 5.16. The van der Waals surface area contributed by atoms with Crippen LogP contribution in [-0.4, -0.2) is 29.1 Å². The minimum atomic E-state index is -1.72. The topological polar surface area (TPSA) is 78.4 Å². The Bertz CT molecular complexity index is 587.